The van der Waals surface area contributed by atoms with Crippen molar-refractivity contribution in [1.82, 2.24) is 4.31 Å². The van der Waals surface area contributed by atoms with Crippen molar-refractivity contribution in [3.8, 4) is 11.5 Å². The molecule has 3 aliphatic rings. The molecule has 1 aliphatic carbocycles. The van der Waals surface area contributed by atoms with Crippen LogP contribution >= 0.6 is 11.3 Å². The third kappa shape index (κ3) is 5.72. The summed E-state index contributed by atoms with van der Waals surface area (Å²) in [6, 6.07) is 24.4. The van der Waals surface area contributed by atoms with E-state index in [2.05, 4.69) is 0 Å². The third-order valence-corrected chi connectivity index (χ3v) is 11.4. The molecule has 11 heteroatoms. The van der Waals surface area contributed by atoms with Gasteiger partial charge < -0.3 is 19.3 Å². The first-order valence-electron chi connectivity index (χ1n) is 14.7. The van der Waals surface area contributed by atoms with Crippen molar-refractivity contribution in [3.05, 3.63) is 101 Å². The Morgan fingerprint density at radius 2 is 1.64 bits per heavy atom. The molecule has 2 unspecified atom stereocenters. The van der Waals surface area contributed by atoms with Crippen molar-refractivity contribution < 1.29 is 27.1 Å². The number of nitrogens with zero attached hydrogens (tertiary/aromatic N) is 3. The monoisotopic (exact) mass is 633 g/mol. The van der Waals surface area contributed by atoms with Crippen molar-refractivity contribution >= 4 is 38.6 Å². The van der Waals surface area contributed by atoms with Gasteiger partial charge in [-0.05, 0) is 83.8 Å². The molecule has 7 rings (SSSR count). The number of amides is 1. The van der Waals surface area contributed by atoms with E-state index in [4.69, 9.17) is 9.47 Å². The van der Waals surface area contributed by atoms with Crippen LogP contribution in [0.1, 0.15) is 9.67 Å². The first kappa shape index (κ1) is 29.0. The van der Waals surface area contributed by atoms with Gasteiger partial charge in [0, 0.05) is 38.4 Å². The summed E-state index contributed by atoms with van der Waals surface area (Å²) in [6.07, 6.45) is 0. The van der Waals surface area contributed by atoms with Gasteiger partial charge in [0.25, 0.3) is 5.91 Å². The molecule has 3 heterocycles. The minimum absolute atomic E-state index is 0.133. The zero-order valence-electron chi connectivity index (χ0n) is 23.9. The van der Waals surface area contributed by atoms with E-state index < -0.39 is 10.0 Å². The molecule has 2 atom stereocenters. The Bertz CT molecular complexity index is 1720. The van der Waals surface area contributed by atoms with Gasteiger partial charge in [0.15, 0.2) is 0 Å². The Labute approximate surface area is 260 Å². The number of sulfonamides is 1. The van der Waals surface area contributed by atoms with Crippen LogP contribution in [0.5, 0.6) is 11.5 Å². The molecule has 0 N–H and O–H groups in total. The lowest BCUT2D eigenvalue weighted by Gasteiger charge is -2.30. The van der Waals surface area contributed by atoms with Gasteiger partial charge in [-0.3, -0.25) is 4.79 Å². The molecular weight excluding hydrogens is 602 g/mol. The molecular formula is C33H32FN3O5S2. The highest BCUT2D eigenvalue weighted by molar-refractivity contribution is 7.89. The number of fused-ring (bicyclic) bond motifs is 1. The number of hydrogen-bond donors (Lipinski definition) is 0. The largest absolute Gasteiger partial charge is 0.457 e. The molecule has 1 aromatic heterocycles. The van der Waals surface area contributed by atoms with E-state index in [-0.39, 0.29) is 34.4 Å². The molecule has 1 saturated carbocycles. The van der Waals surface area contributed by atoms with Gasteiger partial charge in [-0.25, -0.2) is 12.8 Å². The predicted octanol–water partition coefficient (Wildman–Crippen LogP) is 5.73. The minimum atomic E-state index is -3.67. The number of halogens is 1. The predicted molar refractivity (Wildman–Crippen MR) is 168 cm³/mol. The summed E-state index contributed by atoms with van der Waals surface area (Å²) in [4.78, 5) is 18.0. The SMILES string of the molecule is O=C(c1cccs1)N(CC1C2CN(S(=O)(=O)c3ccc(Oc4ccccc4)cc3)CC12)c1ccc(N2CCOCC2)c(F)c1. The second kappa shape index (κ2) is 12.0. The summed E-state index contributed by atoms with van der Waals surface area (Å²) in [5.41, 5.74) is 1.01. The highest BCUT2D eigenvalue weighted by Gasteiger charge is 2.58. The molecule has 4 aromatic rings. The molecule has 44 heavy (non-hydrogen) atoms. The molecule has 2 aliphatic heterocycles. The van der Waals surface area contributed by atoms with Crippen molar-refractivity contribution in [1.29, 1.82) is 0 Å². The zero-order valence-corrected chi connectivity index (χ0v) is 25.6. The number of anilines is 2. The number of thiophene rings is 1. The quantitative estimate of drug-likeness (QED) is 0.234. The summed E-state index contributed by atoms with van der Waals surface area (Å²) >= 11 is 1.35. The third-order valence-electron chi connectivity index (χ3n) is 8.74. The summed E-state index contributed by atoms with van der Waals surface area (Å²) in [5.74, 6) is 1.10. The second-order valence-electron chi connectivity index (χ2n) is 11.3. The first-order chi connectivity index (χ1) is 21.4. The maximum Gasteiger partial charge on any atom is 0.268 e. The van der Waals surface area contributed by atoms with Gasteiger partial charge in [0.05, 0.1) is 28.7 Å². The molecule has 228 valence electrons. The number of rotatable bonds is 9. The summed E-state index contributed by atoms with van der Waals surface area (Å²) < 4.78 is 55.0. The number of hydrogen-bond acceptors (Lipinski definition) is 7. The minimum Gasteiger partial charge on any atom is -0.457 e. The van der Waals surface area contributed by atoms with E-state index in [1.54, 1.807) is 47.4 Å². The van der Waals surface area contributed by atoms with Crippen LogP contribution in [0, 0.1) is 23.6 Å². The molecule has 8 nitrogen and oxygen atoms in total. The van der Waals surface area contributed by atoms with E-state index in [0.29, 0.717) is 73.7 Å². The van der Waals surface area contributed by atoms with E-state index in [0.717, 1.165) is 0 Å². The Balaban J connectivity index is 1.03. The molecule has 0 bridgehead atoms. The standard InChI is InChI=1S/C33H32FN3O5S2/c34-30-19-23(8-13-31(30)35-14-16-41-17-15-35)37(33(38)32-7-4-18-43-32)22-29-27-20-36(21-28(27)29)44(39,40)26-11-9-25(10-12-26)42-24-5-2-1-3-6-24/h1-13,18-19,27-29H,14-17,20-22H2. The van der Waals surface area contributed by atoms with Crippen LogP contribution < -0.4 is 14.5 Å². The van der Waals surface area contributed by atoms with Crippen LogP contribution in [0.3, 0.4) is 0 Å². The fraction of sp³-hybridized carbons (Fsp3) is 0.303. The van der Waals surface area contributed by atoms with Crippen molar-refractivity contribution in [2.75, 3.05) is 55.7 Å². The molecule has 3 aromatic carbocycles. The van der Waals surface area contributed by atoms with Gasteiger partial charge in [0.1, 0.15) is 17.3 Å². The lowest BCUT2D eigenvalue weighted by Crippen LogP contribution is -2.37. The van der Waals surface area contributed by atoms with Gasteiger partial charge in [-0.1, -0.05) is 24.3 Å². The van der Waals surface area contributed by atoms with E-state index in [9.17, 15) is 13.2 Å². The van der Waals surface area contributed by atoms with Gasteiger partial charge in [0.2, 0.25) is 10.0 Å². The normalized spacial score (nSPS) is 21.6. The summed E-state index contributed by atoms with van der Waals surface area (Å²) in [5, 5.41) is 1.85. The Morgan fingerprint density at radius 1 is 0.932 bits per heavy atom. The van der Waals surface area contributed by atoms with Gasteiger partial charge >= 0.3 is 0 Å². The van der Waals surface area contributed by atoms with Crippen molar-refractivity contribution in [2.24, 2.45) is 17.8 Å². The molecule has 3 fully saturated rings. The highest BCUT2D eigenvalue weighted by atomic mass is 32.2. The smallest absolute Gasteiger partial charge is 0.268 e. The topological polar surface area (TPSA) is 79.4 Å². The number of carbonyl (C=O) groups excluding carboxylic acids is 1. The van der Waals surface area contributed by atoms with Crippen LogP contribution in [0.25, 0.3) is 0 Å². The van der Waals surface area contributed by atoms with E-state index in [1.807, 2.05) is 46.7 Å². The number of piperidine rings is 1. The van der Waals surface area contributed by atoms with Crippen LogP contribution in [-0.2, 0) is 14.8 Å². The molecule has 1 amide bonds. The molecule has 0 spiro atoms. The van der Waals surface area contributed by atoms with Crippen LogP contribution in [0.4, 0.5) is 15.8 Å². The number of ether oxygens (including phenoxy) is 2. The van der Waals surface area contributed by atoms with Crippen LogP contribution in [0.15, 0.2) is 95.2 Å². The van der Waals surface area contributed by atoms with Crippen molar-refractivity contribution in [3.63, 3.8) is 0 Å². The number of carbonyl (C=O) groups is 1. The Morgan fingerprint density at radius 3 is 2.30 bits per heavy atom. The second-order valence-corrected chi connectivity index (χ2v) is 14.2. The zero-order chi connectivity index (χ0) is 30.3. The highest BCUT2D eigenvalue weighted by Crippen LogP contribution is 2.53. The maximum absolute atomic E-state index is 15.4. The van der Waals surface area contributed by atoms with Crippen LogP contribution in [-0.4, -0.2) is 64.6 Å². The van der Waals surface area contributed by atoms with E-state index >= 15 is 4.39 Å². The van der Waals surface area contributed by atoms with E-state index in [1.165, 1.54) is 21.7 Å². The fourth-order valence-electron chi connectivity index (χ4n) is 6.31. The lowest BCUT2D eigenvalue weighted by molar-refractivity contribution is 0.0988. The Hall–Kier alpha value is -3.77. The van der Waals surface area contributed by atoms with Gasteiger partial charge in [-0.2, -0.15) is 4.31 Å². The number of morpholine rings is 1. The van der Waals surface area contributed by atoms with Gasteiger partial charge in [-0.15, -0.1) is 11.3 Å². The molecule has 0 radical (unpaired) electrons. The average molecular weight is 634 g/mol. The van der Waals surface area contributed by atoms with Crippen LogP contribution in [0.2, 0.25) is 0 Å². The maximum atomic E-state index is 15.4. The lowest BCUT2D eigenvalue weighted by atomic mass is 10.2. The average Bonchev–Trinajstić information content (AvgIpc) is 3.43. The summed E-state index contributed by atoms with van der Waals surface area (Å²) in [6.45, 7) is 3.53. The fourth-order valence-corrected chi connectivity index (χ4v) is 8.49. The summed E-state index contributed by atoms with van der Waals surface area (Å²) in [7, 11) is -3.67. The number of para-hydroxylation sites is 1. The Kier molecular flexibility index (Phi) is 7.88. The van der Waals surface area contributed by atoms with Crippen molar-refractivity contribution in [2.45, 2.75) is 4.90 Å². The first-order valence-corrected chi connectivity index (χ1v) is 17.0. The molecule has 2 saturated heterocycles. The number of benzene rings is 3.